The molecule has 0 unspecified atom stereocenters. The first-order valence-corrected chi connectivity index (χ1v) is 8.32. The number of methoxy groups -OCH3 is 1. The van der Waals surface area contributed by atoms with Gasteiger partial charge in [-0.3, -0.25) is 4.79 Å². The highest BCUT2D eigenvalue weighted by Gasteiger charge is 2.24. The first-order chi connectivity index (χ1) is 9.92. The predicted octanol–water partition coefficient (Wildman–Crippen LogP) is 1.48. The maximum atomic E-state index is 12.5. The van der Waals surface area contributed by atoms with E-state index < -0.39 is 10.0 Å². The second-order valence-electron chi connectivity index (χ2n) is 4.31. The van der Waals surface area contributed by atoms with Crippen LogP contribution in [0.1, 0.15) is 31.1 Å². The molecule has 6 nitrogen and oxygen atoms in total. The number of hydrogen-bond acceptors (Lipinski definition) is 4. The van der Waals surface area contributed by atoms with Gasteiger partial charge in [0.1, 0.15) is 5.75 Å². The predicted molar refractivity (Wildman–Crippen MR) is 81.1 cm³/mol. The minimum atomic E-state index is -3.60. The minimum absolute atomic E-state index is 0.0910. The Morgan fingerprint density at radius 1 is 1.24 bits per heavy atom. The van der Waals surface area contributed by atoms with Gasteiger partial charge in [0.25, 0.3) is 5.91 Å². The summed E-state index contributed by atoms with van der Waals surface area (Å²) in [6.45, 7) is 6.54. The molecule has 21 heavy (non-hydrogen) atoms. The molecule has 7 heteroatoms. The van der Waals surface area contributed by atoms with Crippen molar-refractivity contribution in [1.82, 2.24) is 9.62 Å². The Labute approximate surface area is 126 Å². The van der Waals surface area contributed by atoms with Gasteiger partial charge in [-0.15, -0.1) is 0 Å². The van der Waals surface area contributed by atoms with Crippen LogP contribution in [0.5, 0.6) is 5.75 Å². The van der Waals surface area contributed by atoms with Crippen LogP contribution in [0.4, 0.5) is 0 Å². The van der Waals surface area contributed by atoms with Crippen LogP contribution in [0.2, 0.25) is 0 Å². The summed E-state index contributed by atoms with van der Waals surface area (Å²) in [6, 6.07) is 4.31. The molecule has 0 aromatic heterocycles. The van der Waals surface area contributed by atoms with Crippen LogP contribution in [-0.2, 0) is 10.0 Å². The first kappa shape index (κ1) is 17.5. The molecule has 0 saturated carbocycles. The smallest absolute Gasteiger partial charge is 0.255 e. The zero-order valence-electron chi connectivity index (χ0n) is 12.8. The number of nitrogens with one attached hydrogen (secondary N) is 1. The van der Waals surface area contributed by atoms with E-state index in [2.05, 4.69) is 5.32 Å². The summed E-state index contributed by atoms with van der Waals surface area (Å²) in [5, 5.41) is 2.65. The molecule has 0 radical (unpaired) electrons. The molecule has 1 aromatic carbocycles. The van der Waals surface area contributed by atoms with Crippen LogP contribution in [0.15, 0.2) is 23.1 Å². The maximum Gasteiger partial charge on any atom is 0.255 e. The maximum absolute atomic E-state index is 12.5. The highest BCUT2D eigenvalue weighted by atomic mass is 32.2. The Hall–Kier alpha value is -1.60. The molecule has 0 bridgehead atoms. The van der Waals surface area contributed by atoms with Crippen LogP contribution in [0.25, 0.3) is 0 Å². The van der Waals surface area contributed by atoms with Crippen molar-refractivity contribution in [2.24, 2.45) is 0 Å². The fraction of sp³-hybridized carbons (Fsp3) is 0.500. The van der Waals surface area contributed by atoms with Gasteiger partial charge in [-0.25, -0.2) is 8.42 Å². The Kier molecular flexibility index (Phi) is 6.17. The second kappa shape index (κ2) is 7.42. The summed E-state index contributed by atoms with van der Waals surface area (Å²) in [6.07, 6.45) is 0. The van der Waals surface area contributed by atoms with Crippen molar-refractivity contribution in [3.05, 3.63) is 23.8 Å². The van der Waals surface area contributed by atoms with Crippen LogP contribution in [0.3, 0.4) is 0 Å². The summed E-state index contributed by atoms with van der Waals surface area (Å²) in [5.41, 5.74) is 0.215. The lowest BCUT2D eigenvalue weighted by atomic mass is 10.2. The molecule has 0 aliphatic rings. The lowest BCUT2D eigenvalue weighted by molar-refractivity contribution is 0.0952. The molecule has 0 atom stereocenters. The number of rotatable bonds is 7. The summed E-state index contributed by atoms with van der Waals surface area (Å²) in [4.78, 5) is 12.1. The number of carbonyl (C=O) groups is 1. The van der Waals surface area contributed by atoms with Gasteiger partial charge in [0.2, 0.25) is 10.0 Å². The van der Waals surface area contributed by atoms with Crippen molar-refractivity contribution in [2.75, 3.05) is 26.7 Å². The van der Waals surface area contributed by atoms with Gasteiger partial charge in [-0.1, -0.05) is 13.8 Å². The van der Waals surface area contributed by atoms with Crippen LogP contribution < -0.4 is 10.1 Å². The number of sulfonamides is 1. The van der Waals surface area contributed by atoms with Crippen molar-refractivity contribution in [1.29, 1.82) is 0 Å². The molecule has 1 aromatic rings. The van der Waals surface area contributed by atoms with E-state index in [0.29, 0.717) is 25.4 Å². The van der Waals surface area contributed by atoms with Gasteiger partial charge in [0, 0.05) is 19.6 Å². The van der Waals surface area contributed by atoms with Gasteiger partial charge < -0.3 is 10.1 Å². The minimum Gasteiger partial charge on any atom is -0.496 e. The van der Waals surface area contributed by atoms with Gasteiger partial charge in [-0.05, 0) is 25.1 Å². The Balaban J connectivity index is 3.34. The standard InChI is InChI=1S/C14H22N2O4S/c1-5-15-14(17)12-10-11(8-9-13(12)20-4)21(18,19)16(6-2)7-3/h8-10H,5-7H2,1-4H3,(H,15,17). The number of hydrogen-bond donors (Lipinski definition) is 1. The quantitative estimate of drug-likeness (QED) is 0.827. The zero-order chi connectivity index (χ0) is 16.0. The van der Waals surface area contributed by atoms with Crippen molar-refractivity contribution < 1.29 is 17.9 Å². The summed E-state index contributed by atoms with van der Waals surface area (Å²) >= 11 is 0. The highest BCUT2D eigenvalue weighted by molar-refractivity contribution is 7.89. The molecule has 1 amide bonds. The lowest BCUT2D eigenvalue weighted by Gasteiger charge is -2.19. The SMILES string of the molecule is CCNC(=O)c1cc(S(=O)(=O)N(CC)CC)ccc1OC. The molecular formula is C14H22N2O4S. The molecule has 0 aliphatic carbocycles. The highest BCUT2D eigenvalue weighted by Crippen LogP contribution is 2.24. The Bertz CT molecular complexity index is 595. The van der Waals surface area contributed by atoms with E-state index >= 15 is 0 Å². The molecule has 0 aliphatic heterocycles. The van der Waals surface area contributed by atoms with Crippen molar-refractivity contribution in [2.45, 2.75) is 25.7 Å². The van der Waals surface area contributed by atoms with Crippen LogP contribution in [-0.4, -0.2) is 45.4 Å². The molecule has 0 heterocycles. The topological polar surface area (TPSA) is 75.7 Å². The number of ether oxygens (including phenoxy) is 1. The van der Waals surface area contributed by atoms with Crippen LogP contribution in [0, 0.1) is 0 Å². The van der Waals surface area contributed by atoms with Gasteiger partial charge in [-0.2, -0.15) is 4.31 Å². The van der Waals surface area contributed by atoms with E-state index in [1.54, 1.807) is 20.8 Å². The summed E-state index contributed by atoms with van der Waals surface area (Å²) in [7, 11) is -2.16. The summed E-state index contributed by atoms with van der Waals surface area (Å²) in [5.74, 6) is -0.00889. The average Bonchev–Trinajstić information content (AvgIpc) is 2.47. The summed E-state index contributed by atoms with van der Waals surface area (Å²) < 4.78 is 31.4. The molecule has 0 fully saturated rings. The number of nitrogens with zero attached hydrogens (tertiary/aromatic N) is 1. The number of benzene rings is 1. The van der Waals surface area contributed by atoms with E-state index in [4.69, 9.17) is 4.74 Å². The molecule has 0 saturated heterocycles. The monoisotopic (exact) mass is 314 g/mol. The van der Waals surface area contributed by atoms with Crippen molar-refractivity contribution in [3.8, 4) is 5.75 Å². The molecule has 1 N–H and O–H groups in total. The third kappa shape index (κ3) is 3.74. The zero-order valence-corrected chi connectivity index (χ0v) is 13.7. The van der Waals surface area contributed by atoms with Crippen LogP contribution >= 0.6 is 0 Å². The molecule has 1 rings (SSSR count). The van der Waals surface area contributed by atoms with E-state index in [1.807, 2.05) is 0 Å². The van der Waals surface area contributed by atoms with Gasteiger partial charge in [0.05, 0.1) is 17.6 Å². The van der Waals surface area contributed by atoms with E-state index in [-0.39, 0.29) is 16.4 Å². The van der Waals surface area contributed by atoms with Crippen molar-refractivity contribution in [3.63, 3.8) is 0 Å². The van der Waals surface area contributed by atoms with Gasteiger partial charge >= 0.3 is 0 Å². The lowest BCUT2D eigenvalue weighted by Crippen LogP contribution is -2.31. The Morgan fingerprint density at radius 3 is 2.33 bits per heavy atom. The largest absolute Gasteiger partial charge is 0.496 e. The first-order valence-electron chi connectivity index (χ1n) is 6.88. The fourth-order valence-corrected chi connectivity index (χ4v) is 3.48. The van der Waals surface area contributed by atoms with Crippen molar-refractivity contribution >= 4 is 15.9 Å². The fourth-order valence-electron chi connectivity index (χ4n) is 1.99. The number of carbonyl (C=O) groups excluding carboxylic acids is 1. The molecular weight excluding hydrogens is 292 g/mol. The number of amides is 1. The van der Waals surface area contributed by atoms with E-state index in [0.717, 1.165) is 0 Å². The molecule has 0 spiro atoms. The molecule has 118 valence electrons. The third-order valence-electron chi connectivity index (χ3n) is 3.10. The Morgan fingerprint density at radius 2 is 1.86 bits per heavy atom. The normalized spacial score (nSPS) is 11.5. The second-order valence-corrected chi connectivity index (χ2v) is 6.25. The van der Waals surface area contributed by atoms with Gasteiger partial charge in [0.15, 0.2) is 0 Å². The third-order valence-corrected chi connectivity index (χ3v) is 5.14. The van der Waals surface area contributed by atoms with E-state index in [9.17, 15) is 13.2 Å². The average molecular weight is 314 g/mol. The van der Waals surface area contributed by atoms with E-state index in [1.165, 1.54) is 29.6 Å².